The standard InChI is InChI=1S/C12H20BrNSSi/c1-5-6-7-8-9-10-11(16(2,3)4)15-12(13)14-10/h8-9H,5-7H2,1-4H3/b9-8+. The molecule has 0 saturated heterocycles. The van der Waals surface area contributed by atoms with Crippen LogP contribution in [0.5, 0.6) is 0 Å². The van der Waals surface area contributed by atoms with Crippen LogP contribution in [0.3, 0.4) is 0 Å². The average molecular weight is 318 g/mol. The van der Waals surface area contributed by atoms with Gasteiger partial charge in [-0.3, -0.25) is 0 Å². The smallest absolute Gasteiger partial charge is 0.159 e. The van der Waals surface area contributed by atoms with Gasteiger partial charge in [-0.25, -0.2) is 4.98 Å². The molecule has 0 aromatic carbocycles. The zero-order valence-corrected chi connectivity index (χ0v) is 13.9. The highest BCUT2D eigenvalue weighted by molar-refractivity contribution is 9.11. The monoisotopic (exact) mass is 317 g/mol. The predicted molar refractivity (Wildman–Crippen MR) is 81.4 cm³/mol. The van der Waals surface area contributed by atoms with Crippen LogP contribution in [-0.2, 0) is 0 Å². The van der Waals surface area contributed by atoms with Gasteiger partial charge < -0.3 is 0 Å². The minimum absolute atomic E-state index is 1.01. The van der Waals surface area contributed by atoms with E-state index in [0.717, 1.165) is 10.3 Å². The molecule has 0 radical (unpaired) electrons. The summed E-state index contributed by atoms with van der Waals surface area (Å²) >= 11 is 5.29. The van der Waals surface area contributed by atoms with Gasteiger partial charge in [0.25, 0.3) is 0 Å². The van der Waals surface area contributed by atoms with Gasteiger partial charge in [-0.15, -0.1) is 11.3 Å². The van der Waals surface area contributed by atoms with Gasteiger partial charge in [0.1, 0.15) is 0 Å². The molecule has 90 valence electrons. The summed E-state index contributed by atoms with van der Waals surface area (Å²) in [6.07, 6.45) is 8.14. The molecule has 1 aromatic heterocycles. The van der Waals surface area contributed by atoms with Crippen molar-refractivity contribution in [3.05, 3.63) is 15.7 Å². The van der Waals surface area contributed by atoms with Gasteiger partial charge in [-0.2, -0.15) is 0 Å². The van der Waals surface area contributed by atoms with Crippen molar-refractivity contribution in [2.45, 2.75) is 45.8 Å². The molecule has 0 spiro atoms. The first kappa shape index (κ1) is 14.1. The molecular formula is C12H20BrNSSi. The van der Waals surface area contributed by atoms with Crippen LogP contribution in [0.1, 0.15) is 31.9 Å². The summed E-state index contributed by atoms with van der Waals surface area (Å²) in [4.78, 5) is 4.56. The zero-order valence-electron chi connectivity index (χ0n) is 10.5. The summed E-state index contributed by atoms with van der Waals surface area (Å²) < 4.78 is 2.51. The molecule has 0 aliphatic carbocycles. The Balaban J connectivity index is 2.83. The minimum Gasteiger partial charge on any atom is -0.230 e. The van der Waals surface area contributed by atoms with Crippen LogP contribution in [0.25, 0.3) is 6.08 Å². The number of nitrogens with zero attached hydrogens (tertiary/aromatic N) is 1. The largest absolute Gasteiger partial charge is 0.230 e. The van der Waals surface area contributed by atoms with E-state index in [1.54, 1.807) is 11.3 Å². The fourth-order valence-corrected chi connectivity index (χ4v) is 5.55. The topological polar surface area (TPSA) is 12.9 Å². The van der Waals surface area contributed by atoms with Crippen molar-refractivity contribution in [2.24, 2.45) is 0 Å². The van der Waals surface area contributed by atoms with Gasteiger partial charge in [-0.05, 0) is 28.4 Å². The molecule has 1 heterocycles. The third-order valence-corrected chi connectivity index (χ3v) is 7.41. The maximum absolute atomic E-state index is 4.56. The Morgan fingerprint density at radius 2 is 2.06 bits per heavy atom. The van der Waals surface area contributed by atoms with E-state index in [1.807, 2.05) is 0 Å². The van der Waals surface area contributed by atoms with Gasteiger partial charge >= 0.3 is 0 Å². The second kappa shape index (κ2) is 6.12. The number of aromatic nitrogens is 1. The summed E-state index contributed by atoms with van der Waals surface area (Å²) in [5, 5.41) is 0. The van der Waals surface area contributed by atoms with E-state index in [2.05, 4.69) is 59.6 Å². The normalized spacial score (nSPS) is 12.6. The van der Waals surface area contributed by atoms with E-state index < -0.39 is 8.07 Å². The lowest BCUT2D eigenvalue weighted by atomic mass is 10.2. The first-order valence-electron chi connectivity index (χ1n) is 5.78. The van der Waals surface area contributed by atoms with Crippen LogP contribution < -0.4 is 4.50 Å². The fourth-order valence-electron chi connectivity index (χ4n) is 1.47. The Bertz CT molecular complexity index is 366. The number of hydrogen-bond donors (Lipinski definition) is 0. The van der Waals surface area contributed by atoms with Crippen molar-refractivity contribution in [2.75, 3.05) is 0 Å². The van der Waals surface area contributed by atoms with Crippen LogP contribution in [0.2, 0.25) is 19.6 Å². The number of unbranched alkanes of at least 4 members (excludes halogenated alkanes) is 2. The number of hydrogen-bond acceptors (Lipinski definition) is 2. The third-order valence-electron chi connectivity index (χ3n) is 2.31. The molecule has 0 saturated carbocycles. The van der Waals surface area contributed by atoms with Crippen LogP contribution in [0.15, 0.2) is 9.99 Å². The molecule has 0 aliphatic heterocycles. The molecule has 1 aromatic rings. The van der Waals surface area contributed by atoms with E-state index in [1.165, 1.54) is 23.0 Å². The molecule has 0 atom stereocenters. The highest BCUT2D eigenvalue weighted by Crippen LogP contribution is 2.20. The van der Waals surface area contributed by atoms with Gasteiger partial charge in [0.2, 0.25) is 0 Å². The predicted octanol–water partition coefficient (Wildman–Crippen LogP) is 4.65. The second-order valence-electron chi connectivity index (χ2n) is 4.98. The van der Waals surface area contributed by atoms with Crippen molar-refractivity contribution < 1.29 is 0 Å². The lowest BCUT2D eigenvalue weighted by Gasteiger charge is -2.13. The van der Waals surface area contributed by atoms with Gasteiger partial charge in [0.05, 0.1) is 13.8 Å². The van der Waals surface area contributed by atoms with Gasteiger partial charge in [-0.1, -0.05) is 45.5 Å². The summed E-state index contributed by atoms with van der Waals surface area (Å²) in [5.41, 5.74) is 1.19. The molecule has 1 rings (SSSR count). The summed E-state index contributed by atoms with van der Waals surface area (Å²) in [6.45, 7) is 9.34. The molecule has 0 N–H and O–H groups in total. The Labute approximate surface area is 112 Å². The highest BCUT2D eigenvalue weighted by Gasteiger charge is 2.23. The Morgan fingerprint density at radius 3 is 2.62 bits per heavy atom. The van der Waals surface area contributed by atoms with E-state index in [0.29, 0.717) is 0 Å². The molecule has 16 heavy (non-hydrogen) atoms. The van der Waals surface area contributed by atoms with E-state index >= 15 is 0 Å². The van der Waals surface area contributed by atoms with Crippen LogP contribution >= 0.6 is 27.3 Å². The van der Waals surface area contributed by atoms with E-state index in [-0.39, 0.29) is 0 Å². The molecule has 0 unspecified atom stereocenters. The molecule has 0 aliphatic rings. The number of allylic oxidation sites excluding steroid dienone is 1. The van der Waals surface area contributed by atoms with Crippen molar-refractivity contribution in [1.82, 2.24) is 4.98 Å². The molecule has 0 amide bonds. The SMILES string of the molecule is CCCC/C=C/c1nc(Br)sc1[Si](C)(C)C. The molecule has 1 nitrogen and oxygen atoms in total. The summed E-state index contributed by atoms with van der Waals surface area (Å²) in [7, 11) is -1.25. The molecule has 4 heteroatoms. The van der Waals surface area contributed by atoms with Crippen molar-refractivity contribution in [1.29, 1.82) is 0 Å². The van der Waals surface area contributed by atoms with Crippen LogP contribution in [0.4, 0.5) is 0 Å². The first-order chi connectivity index (χ1) is 7.45. The van der Waals surface area contributed by atoms with Gasteiger partial charge in [0.15, 0.2) is 3.92 Å². The van der Waals surface area contributed by atoms with E-state index in [9.17, 15) is 0 Å². The quantitative estimate of drug-likeness (QED) is 0.568. The molecule has 0 fully saturated rings. The van der Waals surface area contributed by atoms with Crippen molar-refractivity contribution in [3.8, 4) is 0 Å². The van der Waals surface area contributed by atoms with Crippen molar-refractivity contribution in [3.63, 3.8) is 0 Å². The van der Waals surface area contributed by atoms with Gasteiger partial charge in [0, 0.05) is 4.50 Å². The Hall–Kier alpha value is 0.0669. The number of thiazole rings is 1. The maximum Gasteiger partial charge on any atom is 0.159 e. The lowest BCUT2D eigenvalue weighted by molar-refractivity contribution is 0.816. The van der Waals surface area contributed by atoms with Crippen molar-refractivity contribution >= 4 is 45.9 Å². The zero-order chi connectivity index (χ0) is 12.2. The van der Waals surface area contributed by atoms with E-state index in [4.69, 9.17) is 0 Å². The Morgan fingerprint density at radius 1 is 1.38 bits per heavy atom. The first-order valence-corrected chi connectivity index (χ1v) is 10.9. The highest BCUT2D eigenvalue weighted by atomic mass is 79.9. The van der Waals surface area contributed by atoms with Crippen LogP contribution in [0, 0.1) is 0 Å². The second-order valence-corrected chi connectivity index (χ2v) is 12.6. The summed E-state index contributed by atoms with van der Waals surface area (Å²) in [5.74, 6) is 0. The number of rotatable bonds is 5. The molecular weight excluding hydrogens is 298 g/mol. The average Bonchev–Trinajstić information content (AvgIpc) is 2.54. The maximum atomic E-state index is 4.56. The minimum atomic E-state index is -1.25. The number of halogens is 1. The Kier molecular flexibility index (Phi) is 5.41. The lowest BCUT2D eigenvalue weighted by Crippen LogP contribution is -2.36. The molecule has 0 bridgehead atoms. The van der Waals surface area contributed by atoms with Crippen LogP contribution in [-0.4, -0.2) is 13.1 Å². The fraction of sp³-hybridized carbons (Fsp3) is 0.583. The third kappa shape index (κ3) is 4.15. The summed E-state index contributed by atoms with van der Waals surface area (Å²) in [6, 6.07) is 0.